The highest BCUT2D eigenvalue weighted by molar-refractivity contribution is 5.83. The molecule has 0 aromatic heterocycles. The lowest BCUT2D eigenvalue weighted by molar-refractivity contribution is -0.133. The Morgan fingerprint density at radius 2 is 2.12 bits per heavy atom. The summed E-state index contributed by atoms with van der Waals surface area (Å²) in [6.45, 7) is 4.69. The molecule has 2 nitrogen and oxygen atoms in total. The Morgan fingerprint density at radius 3 is 2.12 bits per heavy atom. The van der Waals surface area contributed by atoms with E-state index in [9.17, 15) is 4.79 Å². The first-order valence-electron chi connectivity index (χ1n) is 2.74. The highest BCUT2D eigenvalue weighted by Crippen LogP contribution is 2.07. The highest BCUT2D eigenvalue weighted by atomic mass is 16.3. The smallest absolute Gasteiger partial charge is 0.160 e. The molecule has 0 spiro atoms. The molecular formula is C6H12O2. The molecule has 0 amide bonds. The molecule has 0 aromatic carbocycles. The van der Waals surface area contributed by atoms with E-state index in [1.807, 2.05) is 0 Å². The molecule has 0 saturated heterocycles. The Hall–Kier alpha value is -0.370. The molecule has 2 heteroatoms. The minimum absolute atomic E-state index is 0.167. The maximum Gasteiger partial charge on any atom is 0.160 e. The SMILES string of the molecule is CC[C@](C)(O)C(C)=O. The van der Waals surface area contributed by atoms with Crippen LogP contribution in [0.1, 0.15) is 27.2 Å². The molecule has 0 rings (SSSR count). The predicted molar refractivity (Wildman–Crippen MR) is 31.6 cm³/mol. The van der Waals surface area contributed by atoms with Gasteiger partial charge in [-0.25, -0.2) is 0 Å². The zero-order valence-electron chi connectivity index (χ0n) is 5.56. The fourth-order valence-corrected chi connectivity index (χ4v) is 0.249. The average Bonchev–Trinajstić information content (AvgIpc) is 1.67. The van der Waals surface area contributed by atoms with Gasteiger partial charge in [0.15, 0.2) is 5.78 Å². The molecule has 48 valence electrons. The van der Waals surface area contributed by atoms with Crippen molar-refractivity contribution in [2.24, 2.45) is 0 Å². The van der Waals surface area contributed by atoms with Crippen molar-refractivity contribution in [1.82, 2.24) is 0 Å². The van der Waals surface area contributed by atoms with Crippen LogP contribution < -0.4 is 0 Å². The van der Waals surface area contributed by atoms with Gasteiger partial charge in [-0.1, -0.05) is 6.92 Å². The van der Waals surface area contributed by atoms with Gasteiger partial charge >= 0.3 is 0 Å². The summed E-state index contributed by atoms with van der Waals surface area (Å²) in [7, 11) is 0. The first-order chi connectivity index (χ1) is 3.50. The summed E-state index contributed by atoms with van der Waals surface area (Å²) in [5.41, 5.74) is -1.10. The number of hydrogen-bond donors (Lipinski definition) is 1. The second-order valence-electron chi connectivity index (χ2n) is 2.18. The number of hydrogen-bond acceptors (Lipinski definition) is 2. The Bertz CT molecular complexity index is 94.7. The van der Waals surface area contributed by atoms with Gasteiger partial charge in [0, 0.05) is 0 Å². The lowest BCUT2D eigenvalue weighted by atomic mass is 10.00. The molecule has 0 fully saturated rings. The third kappa shape index (κ3) is 1.62. The standard InChI is InChI=1S/C6H12O2/c1-4-6(3,8)5(2)7/h8H,4H2,1-3H3/t6-/m0/s1. The van der Waals surface area contributed by atoms with Crippen molar-refractivity contribution >= 4 is 5.78 Å². The van der Waals surface area contributed by atoms with Crippen molar-refractivity contribution in [2.75, 3.05) is 0 Å². The fourth-order valence-electron chi connectivity index (χ4n) is 0.249. The van der Waals surface area contributed by atoms with Gasteiger partial charge < -0.3 is 5.11 Å². The van der Waals surface area contributed by atoms with Gasteiger partial charge in [0.1, 0.15) is 5.60 Å². The maximum absolute atomic E-state index is 10.4. The van der Waals surface area contributed by atoms with E-state index in [0.29, 0.717) is 6.42 Å². The summed E-state index contributed by atoms with van der Waals surface area (Å²) in [6.07, 6.45) is 0.488. The van der Waals surface area contributed by atoms with Gasteiger partial charge in [0.25, 0.3) is 0 Å². The third-order valence-corrected chi connectivity index (χ3v) is 1.45. The highest BCUT2D eigenvalue weighted by Gasteiger charge is 2.22. The number of carbonyl (C=O) groups is 1. The van der Waals surface area contributed by atoms with Gasteiger partial charge in [0.2, 0.25) is 0 Å². The topological polar surface area (TPSA) is 37.3 Å². The second kappa shape index (κ2) is 2.27. The van der Waals surface area contributed by atoms with Crippen LogP contribution in [0.3, 0.4) is 0 Å². The van der Waals surface area contributed by atoms with E-state index in [0.717, 1.165) is 0 Å². The van der Waals surface area contributed by atoms with Crippen LogP contribution in [-0.2, 0) is 4.79 Å². The molecule has 0 unspecified atom stereocenters. The van der Waals surface area contributed by atoms with Crippen molar-refractivity contribution in [1.29, 1.82) is 0 Å². The fraction of sp³-hybridized carbons (Fsp3) is 0.833. The molecule has 0 heterocycles. The Morgan fingerprint density at radius 1 is 1.75 bits per heavy atom. The van der Waals surface area contributed by atoms with Gasteiger partial charge in [-0.3, -0.25) is 4.79 Å². The van der Waals surface area contributed by atoms with Gasteiger partial charge in [0.05, 0.1) is 0 Å². The van der Waals surface area contributed by atoms with E-state index >= 15 is 0 Å². The zero-order chi connectivity index (χ0) is 6.78. The zero-order valence-corrected chi connectivity index (χ0v) is 5.56. The van der Waals surface area contributed by atoms with E-state index in [2.05, 4.69) is 0 Å². The van der Waals surface area contributed by atoms with Gasteiger partial charge in [-0.15, -0.1) is 0 Å². The van der Waals surface area contributed by atoms with Crippen molar-refractivity contribution in [3.05, 3.63) is 0 Å². The summed E-state index contributed by atoms with van der Waals surface area (Å²) >= 11 is 0. The minimum Gasteiger partial charge on any atom is -0.382 e. The van der Waals surface area contributed by atoms with Crippen LogP contribution in [-0.4, -0.2) is 16.5 Å². The van der Waals surface area contributed by atoms with E-state index in [1.165, 1.54) is 13.8 Å². The van der Waals surface area contributed by atoms with Crippen LogP contribution in [0, 0.1) is 0 Å². The lowest BCUT2D eigenvalue weighted by Gasteiger charge is -2.15. The van der Waals surface area contributed by atoms with Crippen LogP contribution in [0.4, 0.5) is 0 Å². The first kappa shape index (κ1) is 7.63. The summed E-state index contributed by atoms with van der Waals surface area (Å²) in [5, 5.41) is 9.05. The van der Waals surface area contributed by atoms with Crippen LogP contribution in [0.2, 0.25) is 0 Å². The van der Waals surface area contributed by atoms with Gasteiger partial charge in [-0.05, 0) is 20.3 Å². The van der Waals surface area contributed by atoms with Crippen LogP contribution in [0.25, 0.3) is 0 Å². The van der Waals surface area contributed by atoms with E-state index in [-0.39, 0.29) is 5.78 Å². The Kier molecular flexibility index (Phi) is 2.16. The van der Waals surface area contributed by atoms with Crippen LogP contribution >= 0.6 is 0 Å². The summed E-state index contributed by atoms with van der Waals surface area (Å²) in [6, 6.07) is 0. The molecule has 0 saturated carbocycles. The molecule has 8 heavy (non-hydrogen) atoms. The number of ketones is 1. The molecule has 0 aliphatic heterocycles. The quantitative estimate of drug-likeness (QED) is 0.577. The van der Waals surface area contributed by atoms with Crippen molar-refractivity contribution in [3.8, 4) is 0 Å². The predicted octanol–water partition coefficient (Wildman–Crippen LogP) is 0.736. The molecule has 0 aromatic rings. The number of rotatable bonds is 2. The van der Waals surface area contributed by atoms with Crippen LogP contribution in [0.5, 0.6) is 0 Å². The van der Waals surface area contributed by atoms with E-state index in [4.69, 9.17) is 5.11 Å². The molecule has 0 aliphatic carbocycles. The normalized spacial score (nSPS) is 17.5. The summed E-state index contributed by atoms with van der Waals surface area (Å²) in [5.74, 6) is -0.167. The largest absolute Gasteiger partial charge is 0.382 e. The van der Waals surface area contributed by atoms with E-state index in [1.54, 1.807) is 6.92 Å². The second-order valence-corrected chi connectivity index (χ2v) is 2.18. The molecule has 0 radical (unpaired) electrons. The maximum atomic E-state index is 10.4. The minimum atomic E-state index is -1.10. The van der Waals surface area contributed by atoms with Crippen LogP contribution in [0.15, 0.2) is 0 Å². The van der Waals surface area contributed by atoms with E-state index < -0.39 is 5.60 Å². The third-order valence-electron chi connectivity index (χ3n) is 1.45. The number of aliphatic hydroxyl groups is 1. The number of carbonyl (C=O) groups excluding carboxylic acids is 1. The van der Waals surface area contributed by atoms with Crippen molar-refractivity contribution in [3.63, 3.8) is 0 Å². The Balaban J connectivity index is 3.91. The molecular weight excluding hydrogens is 104 g/mol. The molecule has 1 atom stereocenters. The van der Waals surface area contributed by atoms with Gasteiger partial charge in [-0.2, -0.15) is 0 Å². The Labute approximate surface area is 49.5 Å². The van der Waals surface area contributed by atoms with Crippen molar-refractivity contribution in [2.45, 2.75) is 32.8 Å². The average molecular weight is 116 g/mol. The summed E-state index contributed by atoms with van der Waals surface area (Å²) in [4.78, 5) is 10.4. The molecule has 0 aliphatic rings. The molecule has 0 bridgehead atoms. The van der Waals surface area contributed by atoms with Crippen molar-refractivity contribution < 1.29 is 9.90 Å². The summed E-state index contributed by atoms with van der Waals surface area (Å²) < 4.78 is 0. The number of Topliss-reactive ketones (excluding diaryl/α,β-unsaturated/α-hetero) is 1. The molecule has 1 N–H and O–H groups in total. The monoisotopic (exact) mass is 116 g/mol. The first-order valence-corrected chi connectivity index (χ1v) is 2.74. The lowest BCUT2D eigenvalue weighted by Crippen LogP contribution is -2.31.